The highest BCUT2D eigenvalue weighted by Crippen LogP contribution is 2.29. The van der Waals surface area contributed by atoms with Crippen LogP contribution < -0.4 is 5.32 Å². The van der Waals surface area contributed by atoms with Crippen LogP contribution in [0, 0.1) is 20.8 Å². The van der Waals surface area contributed by atoms with E-state index in [0.717, 1.165) is 22.4 Å². The van der Waals surface area contributed by atoms with Crippen molar-refractivity contribution in [2.24, 2.45) is 4.40 Å². The van der Waals surface area contributed by atoms with Gasteiger partial charge in [0.05, 0.1) is 16.9 Å². The summed E-state index contributed by atoms with van der Waals surface area (Å²) in [6.45, 7) is 5.96. The number of rotatable bonds is 4. The SMILES string of the molecule is Cc1cc(C)c(NC2=CC(=NS(=O)(=O)c3cccc4cccnc34)c3ccccc3C2=O)c(C)c1. The van der Waals surface area contributed by atoms with Crippen LogP contribution in [-0.2, 0) is 10.0 Å². The van der Waals surface area contributed by atoms with E-state index in [9.17, 15) is 13.2 Å². The van der Waals surface area contributed by atoms with Crippen molar-refractivity contribution in [3.63, 3.8) is 0 Å². The number of aryl methyl sites for hydroxylation is 3. The Kier molecular flexibility index (Phi) is 5.57. The second-order valence-electron chi connectivity index (χ2n) is 8.61. The fourth-order valence-electron chi connectivity index (χ4n) is 4.47. The van der Waals surface area contributed by atoms with Crippen LogP contribution in [0.1, 0.15) is 32.6 Å². The van der Waals surface area contributed by atoms with Crippen molar-refractivity contribution in [1.29, 1.82) is 0 Å². The fourth-order valence-corrected chi connectivity index (χ4v) is 5.65. The maximum atomic E-state index is 13.5. The molecule has 7 heteroatoms. The van der Waals surface area contributed by atoms with Gasteiger partial charge in [0.2, 0.25) is 5.78 Å². The highest BCUT2D eigenvalue weighted by Gasteiger charge is 2.27. The second-order valence-corrected chi connectivity index (χ2v) is 10.2. The molecular formula is C28H23N3O3S. The Morgan fingerprint density at radius 3 is 2.29 bits per heavy atom. The first-order valence-corrected chi connectivity index (χ1v) is 12.6. The topological polar surface area (TPSA) is 88.5 Å². The molecule has 0 saturated carbocycles. The van der Waals surface area contributed by atoms with E-state index in [1.165, 1.54) is 12.1 Å². The summed E-state index contributed by atoms with van der Waals surface area (Å²) in [5.74, 6) is -0.219. The molecule has 0 spiro atoms. The van der Waals surface area contributed by atoms with Gasteiger partial charge < -0.3 is 5.32 Å². The third kappa shape index (κ3) is 4.15. The van der Waals surface area contributed by atoms with Crippen molar-refractivity contribution >= 4 is 38.1 Å². The largest absolute Gasteiger partial charge is 0.352 e. The molecule has 4 aromatic rings. The van der Waals surface area contributed by atoms with E-state index in [-0.39, 0.29) is 22.1 Å². The van der Waals surface area contributed by atoms with E-state index < -0.39 is 10.0 Å². The van der Waals surface area contributed by atoms with Crippen LogP contribution >= 0.6 is 0 Å². The number of allylic oxidation sites excluding steroid dienone is 2. The standard InChI is InChI=1S/C28H23N3O3S/c1-17-14-18(2)26(19(3)15-17)30-24-16-23(21-10-4-5-11-22(21)28(24)32)31-35(33,34)25-12-6-8-20-9-7-13-29-27(20)25/h4-16,30H,1-3H3. The summed E-state index contributed by atoms with van der Waals surface area (Å²) in [5.41, 5.74) is 5.59. The van der Waals surface area contributed by atoms with Gasteiger partial charge in [0, 0.05) is 28.4 Å². The lowest BCUT2D eigenvalue weighted by atomic mass is 9.92. The number of para-hydroxylation sites is 1. The minimum absolute atomic E-state index is 0.0191. The maximum absolute atomic E-state index is 13.5. The van der Waals surface area contributed by atoms with Crippen molar-refractivity contribution in [1.82, 2.24) is 4.98 Å². The minimum Gasteiger partial charge on any atom is -0.352 e. The van der Waals surface area contributed by atoms with Crippen LogP contribution in [0.15, 0.2) is 94.0 Å². The van der Waals surface area contributed by atoms with E-state index in [1.807, 2.05) is 32.9 Å². The summed E-state index contributed by atoms with van der Waals surface area (Å²) >= 11 is 0. The average molecular weight is 482 g/mol. The molecule has 35 heavy (non-hydrogen) atoms. The summed E-state index contributed by atoms with van der Waals surface area (Å²) in [7, 11) is -4.12. The van der Waals surface area contributed by atoms with Crippen molar-refractivity contribution in [3.05, 3.63) is 113 Å². The van der Waals surface area contributed by atoms with Gasteiger partial charge in [-0.2, -0.15) is 12.8 Å². The number of carbonyl (C=O) groups is 1. The third-order valence-electron chi connectivity index (χ3n) is 6.00. The number of Topliss-reactive ketones (excluding diaryl/α,β-unsaturated/α-hetero) is 1. The molecule has 0 unspecified atom stereocenters. The highest BCUT2D eigenvalue weighted by molar-refractivity contribution is 7.90. The first-order chi connectivity index (χ1) is 16.7. The van der Waals surface area contributed by atoms with Crippen LogP contribution in [0.4, 0.5) is 5.69 Å². The molecule has 1 aliphatic rings. The number of hydrogen-bond acceptors (Lipinski definition) is 5. The number of fused-ring (bicyclic) bond motifs is 2. The van der Waals surface area contributed by atoms with Crippen molar-refractivity contribution in [3.8, 4) is 0 Å². The Hall–Kier alpha value is -4.10. The second kappa shape index (κ2) is 8.60. The number of anilines is 1. The molecule has 5 rings (SSSR count). The summed E-state index contributed by atoms with van der Waals surface area (Å²) in [6.07, 6.45) is 3.07. The maximum Gasteiger partial charge on any atom is 0.285 e. The number of nitrogens with zero attached hydrogens (tertiary/aromatic N) is 2. The van der Waals surface area contributed by atoms with Crippen molar-refractivity contribution in [2.75, 3.05) is 5.32 Å². The number of benzene rings is 3. The van der Waals surface area contributed by atoms with Gasteiger partial charge in [0.1, 0.15) is 4.90 Å². The molecule has 0 amide bonds. The number of pyridine rings is 1. The van der Waals surface area contributed by atoms with Gasteiger partial charge in [-0.1, -0.05) is 60.2 Å². The normalized spacial score (nSPS) is 14.7. The molecule has 1 aliphatic carbocycles. The first-order valence-electron chi connectivity index (χ1n) is 11.1. The molecule has 1 N–H and O–H groups in total. The van der Waals surface area contributed by atoms with Crippen LogP contribution in [0.5, 0.6) is 0 Å². The zero-order valence-electron chi connectivity index (χ0n) is 19.5. The highest BCUT2D eigenvalue weighted by atomic mass is 32.2. The minimum atomic E-state index is -4.12. The molecule has 0 aliphatic heterocycles. The fraction of sp³-hybridized carbons (Fsp3) is 0.107. The molecule has 0 fully saturated rings. The van der Waals surface area contributed by atoms with Gasteiger partial charge in [-0.15, -0.1) is 0 Å². The lowest BCUT2D eigenvalue weighted by Gasteiger charge is -2.21. The zero-order chi connectivity index (χ0) is 24.7. The number of hydrogen-bond donors (Lipinski definition) is 1. The Morgan fingerprint density at radius 2 is 1.54 bits per heavy atom. The molecular weight excluding hydrogens is 458 g/mol. The van der Waals surface area contributed by atoms with Crippen LogP contribution in [-0.4, -0.2) is 24.9 Å². The van der Waals surface area contributed by atoms with Crippen LogP contribution in [0.3, 0.4) is 0 Å². The Morgan fingerprint density at radius 1 is 0.857 bits per heavy atom. The van der Waals surface area contributed by atoms with E-state index in [1.54, 1.807) is 54.7 Å². The number of carbonyl (C=O) groups excluding carboxylic acids is 1. The molecule has 1 heterocycles. The molecule has 0 atom stereocenters. The van der Waals surface area contributed by atoms with Gasteiger partial charge >= 0.3 is 0 Å². The van der Waals surface area contributed by atoms with Gasteiger partial charge in [-0.25, -0.2) is 0 Å². The van der Waals surface area contributed by atoms with Crippen LogP contribution in [0.2, 0.25) is 0 Å². The van der Waals surface area contributed by atoms with E-state index in [0.29, 0.717) is 22.0 Å². The molecule has 0 radical (unpaired) electrons. The number of nitrogens with one attached hydrogen (secondary N) is 1. The monoisotopic (exact) mass is 481 g/mol. The van der Waals surface area contributed by atoms with Crippen molar-refractivity contribution in [2.45, 2.75) is 25.7 Å². The van der Waals surface area contributed by atoms with Crippen molar-refractivity contribution < 1.29 is 13.2 Å². The molecule has 1 aromatic heterocycles. The number of aromatic nitrogens is 1. The first kappa shape index (κ1) is 22.7. The van der Waals surface area contributed by atoms with Crippen LogP contribution in [0.25, 0.3) is 10.9 Å². The Bertz CT molecular complexity index is 1660. The van der Waals surface area contributed by atoms with Gasteiger partial charge in [0.15, 0.2) is 0 Å². The third-order valence-corrected chi connectivity index (χ3v) is 7.32. The average Bonchev–Trinajstić information content (AvgIpc) is 2.83. The molecule has 6 nitrogen and oxygen atoms in total. The lowest BCUT2D eigenvalue weighted by Crippen LogP contribution is -2.23. The number of sulfonamides is 1. The van der Waals surface area contributed by atoms with E-state index in [4.69, 9.17) is 0 Å². The van der Waals surface area contributed by atoms with Gasteiger partial charge in [-0.05, 0) is 50.1 Å². The Balaban J connectivity index is 1.66. The summed E-state index contributed by atoms with van der Waals surface area (Å²) in [5, 5.41) is 3.95. The molecule has 0 saturated heterocycles. The molecule has 0 bridgehead atoms. The molecule has 3 aromatic carbocycles. The van der Waals surface area contributed by atoms with E-state index in [2.05, 4.69) is 14.7 Å². The van der Waals surface area contributed by atoms with Gasteiger partial charge in [0.25, 0.3) is 10.0 Å². The lowest BCUT2D eigenvalue weighted by molar-refractivity contribution is 0.103. The number of ketones is 1. The predicted molar refractivity (Wildman–Crippen MR) is 139 cm³/mol. The summed E-state index contributed by atoms with van der Waals surface area (Å²) in [6, 6.07) is 19.5. The molecule has 174 valence electrons. The smallest absolute Gasteiger partial charge is 0.285 e. The Labute approximate surface area is 204 Å². The zero-order valence-corrected chi connectivity index (χ0v) is 20.3. The quantitative estimate of drug-likeness (QED) is 0.414. The predicted octanol–water partition coefficient (Wildman–Crippen LogP) is 5.53. The summed E-state index contributed by atoms with van der Waals surface area (Å²) < 4.78 is 31.1. The summed E-state index contributed by atoms with van der Waals surface area (Å²) in [4.78, 5) is 17.6. The van der Waals surface area contributed by atoms with Gasteiger partial charge in [-0.3, -0.25) is 9.78 Å². The van der Waals surface area contributed by atoms with E-state index >= 15 is 0 Å².